The van der Waals surface area contributed by atoms with Crippen molar-refractivity contribution in [2.75, 3.05) is 20.1 Å². The van der Waals surface area contributed by atoms with Gasteiger partial charge >= 0.3 is 12.4 Å². The maximum atomic E-state index is 12.5. The summed E-state index contributed by atoms with van der Waals surface area (Å²) in [7, 11) is 1.54. The van der Waals surface area contributed by atoms with Crippen LogP contribution in [0, 0.1) is 0 Å². The number of nitrogens with one attached hydrogen (secondary N) is 2. The first-order chi connectivity index (χ1) is 13.1. The highest BCUT2D eigenvalue weighted by Crippen LogP contribution is 2.30. The van der Waals surface area contributed by atoms with Crippen LogP contribution in [0.4, 0.5) is 26.3 Å². The molecule has 1 aromatic carbocycles. The zero-order chi connectivity index (χ0) is 20.8. The number of halogens is 6. The predicted octanol–water partition coefficient (Wildman–Crippen LogP) is 4.13. The summed E-state index contributed by atoms with van der Waals surface area (Å²) in [4.78, 5) is 7.53. The van der Waals surface area contributed by atoms with Gasteiger partial charge in [0.05, 0.1) is 10.6 Å². The molecule has 11 heteroatoms. The first-order valence-electron chi connectivity index (χ1n) is 8.22. The van der Waals surface area contributed by atoms with Gasteiger partial charge in [-0.25, -0.2) is 4.98 Å². The Kier molecular flexibility index (Phi) is 7.28. The van der Waals surface area contributed by atoms with Gasteiger partial charge in [0, 0.05) is 31.9 Å². The van der Waals surface area contributed by atoms with Crippen LogP contribution in [0.5, 0.6) is 0 Å². The minimum atomic E-state index is -4.45. The second-order valence-corrected chi connectivity index (χ2v) is 6.69. The van der Waals surface area contributed by atoms with Crippen LogP contribution in [0.3, 0.4) is 0 Å². The molecule has 154 valence electrons. The van der Waals surface area contributed by atoms with E-state index in [2.05, 4.69) is 20.6 Å². The second-order valence-electron chi connectivity index (χ2n) is 5.74. The second kappa shape index (κ2) is 9.26. The molecule has 0 spiro atoms. The summed E-state index contributed by atoms with van der Waals surface area (Å²) in [5, 5.41) is 7.29. The van der Waals surface area contributed by atoms with Crippen LogP contribution in [0.2, 0.25) is 0 Å². The topological polar surface area (TPSA) is 49.3 Å². The van der Waals surface area contributed by atoms with E-state index in [1.807, 2.05) is 0 Å². The molecule has 2 N–H and O–H groups in total. The third-order valence-corrected chi connectivity index (χ3v) is 4.59. The maximum absolute atomic E-state index is 12.5. The molecule has 0 fully saturated rings. The third-order valence-electron chi connectivity index (χ3n) is 3.68. The average molecular weight is 424 g/mol. The van der Waals surface area contributed by atoms with Crippen LogP contribution >= 0.6 is 11.3 Å². The van der Waals surface area contributed by atoms with Gasteiger partial charge < -0.3 is 10.6 Å². The fourth-order valence-corrected chi connectivity index (χ4v) is 3.05. The number of rotatable bonds is 6. The van der Waals surface area contributed by atoms with Crippen LogP contribution in [-0.2, 0) is 25.2 Å². The van der Waals surface area contributed by atoms with Gasteiger partial charge in [-0.1, -0.05) is 12.1 Å². The largest absolute Gasteiger partial charge is 0.434 e. The van der Waals surface area contributed by atoms with E-state index in [0.29, 0.717) is 36.9 Å². The van der Waals surface area contributed by atoms with Crippen LogP contribution in [0.15, 0.2) is 34.6 Å². The van der Waals surface area contributed by atoms with E-state index in [9.17, 15) is 26.3 Å². The number of benzene rings is 1. The number of aliphatic imine (C=N–C) groups is 1. The lowest BCUT2D eigenvalue weighted by Gasteiger charge is -2.12. The predicted molar refractivity (Wildman–Crippen MR) is 95.3 cm³/mol. The van der Waals surface area contributed by atoms with Gasteiger partial charge in [0.25, 0.3) is 0 Å². The normalized spacial score (nSPS) is 12.9. The molecule has 0 atom stereocenters. The number of thiazole rings is 1. The minimum Gasteiger partial charge on any atom is -0.356 e. The Balaban J connectivity index is 1.73. The lowest BCUT2D eigenvalue weighted by molar-refractivity contribution is -0.141. The molecular weight excluding hydrogens is 406 g/mol. The summed E-state index contributed by atoms with van der Waals surface area (Å²) >= 11 is 0.942. The number of guanidine groups is 1. The number of aromatic nitrogens is 1. The molecule has 2 rings (SSSR count). The number of alkyl halides is 6. The molecule has 1 heterocycles. The standard InChI is InChI=1S/C17H18F6N4S/c1-24-15(26-9-7-14-27-13(10-28-14)17(21,22)23)25-8-6-11-2-4-12(5-3-11)16(18,19)20/h2-5,10H,6-9H2,1H3,(H2,24,25,26). The average Bonchev–Trinajstić information content (AvgIpc) is 3.09. The highest BCUT2D eigenvalue weighted by atomic mass is 32.1. The van der Waals surface area contributed by atoms with Crippen molar-refractivity contribution in [1.29, 1.82) is 0 Å². The van der Waals surface area contributed by atoms with E-state index in [1.54, 1.807) is 7.05 Å². The first kappa shape index (κ1) is 22.0. The van der Waals surface area contributed by atoms with Crippen molar-refractivity contribution in [2.45, 2.75) is 25.2 Å². The van der Waals surface area contributed by atoms with E-state index in [-0.39, 0.29) is 0 Å². The van der Waals surface area contributed by atoms with E-state index in [4.69, 9.17) is 0 Å². The van der Waals surface area contributed by atoms with Crippen molar-refractivity contribution in [3.63, 3.8) is 0 Å². The Bertz CT molecular complexity index is 780. The Morgan fingerprint density at radius 1 is 0.964 bits per heavy atom. The highest BCUT2D eigenvalue weighted by molar-refractivity contribution is 7.09. The zero-order valence-corrected chi connectivity index (χ0v) is 15.6. The molecule has 1 aromatic heterocycles. The minimum absolute atomic E-state index is 0.306. The number of nitrogens with zero attached hydrogens (tertiary/aromatic N) is 2. The first-order valence-corrected chi connectivity index (χ1v) is 9.10. The summed E-state index contributed by atoms with van der Waals surface area (Å²) in [6.45, 7) is 0.769. The molecule has 0 saturated heterocycles. The van der Waals surface area contributed by atoms with Gasteiger partial charge in [-0.05, 0) is 24.1 Å². The summed E-state index contributed by atoms with van der Waals surface area (Å²) < 4.78 is 75.1. The van der Waals surface area contributed by atoms with E-state index < -0.39 is 23.6 Å². The Labute approximate surface area is 161 Å². The zero-order valence-electron chi connectivity index (χ0n) is 14.8. The van der Waals surface area contributed by atoms with Crippen molar-refractivity contribution >= 4 is 17.3 Å². The van der Waals surface area contributed by atoms with Gasteiger partial charge in [-0.3, -0.25) is 4.99 Å². The molecule has 0 aliphatic carbocycles. The molecule has 0 aliphatic rings. The molecule has 0 aliphatic heterocycles. The summed E-state index contributed by atoms with van der Waals surface area (Å²) in [6.07, 6.45) is -8.01. The monoisotopic (exact) mass is 424 g/mol. The van der Waals surface area contributed by atoms with Gasteiger partial charge in [-0.15, -0.1) is 11.3 Å². The van der Waals surface area contributed by atoms with Crippen molar-refractivity contribution in [2.24, 2.45) is 4.99 Å². The quantitative estimate of drug-likeness (QED) is 0.417. The molecular formula is C17H18F6N4S. The van der Waals surface area contributed by atoms with Crippen molar-refractivity contribution in [3.8, 4) is 0 Å². The van der Waals surface area contributed by atoms with E-state index in [1.165, 1.54) is 12.1 Å². The van der Waals surface area contributed by atoms with E-state index in [0.717, 1.165) is 34.4 Å². The fraction of sp³-hybridized carbons (Fsp3) is 0.412. The Morgan fingerprint density at radius 3 is 2.07 bits per heavy atom. The van der Waals surface area contributed by atoms with Crippen LogP contribution in [0.1, 0.15) is 21.8 Å². The lowest BCUT2D eigenvalue weighted by atomic mass is 10.1. The molecule has 0 amide bonds. The SMILES string of the molecule is CN=C(NCCc1ccc(C(F)(F)F)cc1)NCCc1nc(C(F)(F)F)cs1. The molecule has 28 heavy (non-hydrogen) atoms. The molecule has 0 radical (unpaired) electrons. The highest BCUT2D eigenvalue weighted by Gasteiger charge is 2.33. The molecule has 4 nitrogen and oxygen atoms in total. The van der Waals surface area contributed by atoms with Crippen molar-refractivity contribution in [3.05, 3.63) is 51.5 Å². The molecule has 0 unspecified atom stereocenters. The lowest BCUT2D eigenvalue weighted by Crippen LogP contribution is -2.39. The van der Waals surface area contributed by atoms with Crippen LogP contribution < -0.4 is 10.6 Å². The van der Waals surface area contributed by atoms with Gasteiger partial charge in [-0.2, -0.15) is 26.3 Å². The molecule has 2 aromatic rings. The summed E-state index contributed by atoms with van der Waals surface area (Å²) in [5.41, 5.74) is -0.859. The van der Waals surface area contributed by atoms with Gasteiger partial charge in [0.15, 0.2) is 11.7 Å². The van der Waals surface area contributed by atoms with Crippen LogP contribution in [-0.4, -0.2) is 31.1 Å². The van der Waals surface area contributed by atoms with Crippen LogP contribution in [0.25, 0.3) is 0 Å². The number of hydrogen-bond acceptors (Lipinski definition) is 3. The maximum Gasteiger partial charge on any atom is 0.434 e. The van der Waals surface area contributed by atoms with Crippen molar-refractivity contribution < 1.29 is 26.3 Å². The summed E-state index contributed by atoms with van der Waals surface area (Å²) in [6, 6.07) is 4.90. The molecule has 0 saturated carbocycles. The van der Waals surface area contributed by atoms with E-state index >= 15 is 0 Å². The Hall–Kier alpha value is -2.30. The van der Waals surface area contributed by atoms with Gasteiger partial charge in [0.2, 0.25) is 0 Å². The molecule has 0 bridgehead atoms. The fourth-order valence-electron chi connectivity index (χ4n) is 2.25. The summed E-state index contributed by atoms with van der Waals surface area (Å²) in [5.74, 6) is 0.444. The van der Waals surface area contributed by atoms with Crippen molar-refractivity contribution in [1.82, 2.24) is 15.6 Å². The Morgan fingerprint density at radius 2 is 1.57 bits per heavy atom. The third kappa shape index (κ3) is 6.70. The van der Waals surface area contributed by atoms with Gasteiger partial charge in [0.1, 0.15) is 0 Å². The smallest absolute Gasteiger partial charge is 0.356 e. The number of hydrogen-bond donors (Lipinski definition) is 2.